The Morgan fingerprint density at radius 3 is 2.33 bits per heavy atom. The molecule has 30 heavy (non-hydrogen) atoms. The van der Waals surface area contributed by atoms with Crippen LogP contribution in [0.4, 0.5) is 5.69 Å². The van der Waals surface area contributed by atoms with Crippen molar-refractivity contribution in [2.75, 3.05) is 32.1 Å². The summed E-state index contributed by atoms with van der Waals surface area (Å²) >= 11 is 0. The van der Waals surface area contributed by atoms with Crippen molar-refractivity contribution >= 4 is 15.7 Å². The number of hydrogen-bond donors (Lipinski definition) is 2. The van der Waals surface area contributed by atoms with Gasteiger partial charge in [-0.05, 0) is 55.2 Å². The van der Waals surface area contributed by atoms with Crippen molar-refractivity contribution in [2.24, 2.45) is 5.14 Å². The number of hydrogen-bond acceptors (Lipinski definition) is 6. The van der Waals surface area contributed by atoms with Crippen LogP contribution in [0.1, 0.15) is 30.9 Å². The van der Waals surface area contributed by atoms with Crippen LogP contribution in [0.5, 0.6) is 11.5 Å². The number of ether oxygens (including phenoxy) is 2. The quantitative estimate of drug-likeness (QED) is 0.631. The SMILES string of the molecule is CCOc1cc(CN2CCC(Nc3ccc(CS(N)(=O)=O)cc3)CC2)ccc1OC. The van der Waals surface area contributed by atoms with Crippen molar-refractivity contribution in [1.82, 2.24) is 4.90 Å². The Hall–Kier alpha value is -2.29. The Kier molecular flexibility index (Phi) is 7.58. The molecule has 3 rings (SSSR count). The summed E-state index contributed by atoms with van der Waals surface area (Å²) in [5, 5.41) is 8.65. The Morgan fingerprint density at radius 1 is 1.07 bits per heavy atom. The number of primary sulfonamides is 1. The summed E-state index contributed by atoms with van der Waals surface area (Å²) < 4.78 is 33.4. The van der Waals surface area contributed by atoms with Gasteiger partial charge in [-0.1, -0.05) is 18.2 Å². The van der Waals surface area contributed by atoms with Crippen LogP contribution in [-0.4, -0.2) is 46.2 Å². The van der Waals surface area contributed by atoms with Crippen LogP contribution in [-0.2, 0) is 22.3 Å². The Bertz CT molecular complexity index is 924. The van der Waals surface area contributed by atoms with Gasteiger partial charge < -0.3 is 14.8 Å². The molecular formula is C22H31N3O4S. The van der Waals surface area contributed by atoms with Gasteiger partial charge in [0.05, 0.1) is 19.5 Å². The van der Waals surface area contributed by atoms with Crippen molar-refractivity contribution in [1.29, 1.82) is 0 Å². The third kappa shape index (κ3) is 6.62. The standard InChI is InChI=1S/C22H31N3O4S/c1-3-29-22-14-18(6-9-21(22)28-2)15-25-12-10-20(11-13-25)24-19-7-4-17(5-8-19)16-30(23,26)27/h4-9,14,20,24H,3,10-13,15-16H2,1-2H3,(H2,23,26,27). The van der Waals surface area contributed by atoms with Crippen LogP contribution >= 0.6 is 0 Å². The molecule has 0 unspecified atom stereocenters. The number of nitrogens with one attached hydrogen (secondary N) is 1. The molecule has 3 N–H and O–H groups in total. The summed E-state index contributed by atoms with van der Waals surface area (Å²) in [4.78, 5) is 2.45. The van der Waals surface area contributed by atoms with Crippen molar-refractivity contribution in [3.8, 4) is 11.5 Å². The normalized spacial score (nSPS) is 15.7. The molecule has 7 nitrogen and oxygen atoms in total. The molecule has 0 atom stereocenters. The Balaban J connectivity index is 1.50. The first-order chi connectivity index (χ1) is 14.4. The van der Waals surface area contributed by atoms with Gasteiger partial charge in [0.15, 0.2) is 11.5 Å². The van der Waals surface area contributed by atoms with Crippen LogP contribution in [0.15, 0.2) is 42.5 Å². The van der Waals surface area contributed by atoms with E-state index in [1.54, 1.807) is 7.11 Å². The molecule has 1 aliphatic rings. The minimum absolute atomic E-state index is 0.137. The minimum Gasteiger partial charge on any atom is -0.493 e. The van der Waals surface area contributed by atoms with E-state index in [2.05, 4.69) is 22.3 Å². The van der Waals surface area contributed by atoms with Crippen LogP contribution in [0.25, 0.3) is 0 Å². The first-order valence-corrected chi connectivity index (χ1v) is 12.0. The van der Waals surface area contributed by atoms with E-state index in [0.717, 1.165) is 49.7 Å². The van der Waals surface area contributed by atoms with Gasteiger partial charge in [-0.15, -0.1) is 0 Å². The average molecular weight is 434 g/mol. The maximum atomic E-state index is 11.2. The fourth-order valence-electron chi connectivity index (χ4n) is 3.75. The lowest BCUT2D eigenvalue weighted by molar-refractivity contribution is 0.211. The van der Waals surface area contributed by atoms with Gasteiger partial charge in [0, 0.05) is 31.4 Å². The summed E-state index contributed by atoms with van der Waals surface area (Å²) in [7, 11) is -1.84. The van der Waals surface area contributed by atoms with Crippen molar-refractivity contribution < 1.29 is 17.9 Å². The lowest BCUT2D eigenvalue weighted by Crippen LogP contribution is -2.38. The average Bonchev–Trinajstić information content (AvgIpc) is 2.70. The summed E-state index contributed by atoms with van der Waals surface area (Å²) in [5.74, 6) is 1.42. The number of benzene rings is 2. The summed E-state index contributed by atoms with van der Waals surface area (Å²) in [5.41, 5.74) is 2.92. The van der Waals surface area contributed by atoms with Crippen LogP contribution in [0.2, 0.25) is 0 Å². The highest BCUT2D eigenvalue weighted by Crippen LogP contribution is 2.29. The van der Waals surface area contributed by atoms with Crippen molar-refractivity contribution in [3.63, 3.8) is 0 Å². The minimum atomic E-state index is -3.50. The molecule has 2 aromatic carbocycles. The maximum absolute atomic E-state index is 11.2. The van der Waals surface area contributed by atoms with Gasteiger partial charge in [-0.25, -0.2) is 13.6 Å². The molecule has 1 saturated heterocycles. The second-order valence-corrected chi connectivity index (χ2v) is 9.23. The second-order valence-electron chi connectivity index (χ2n) is 7.62. The highest BCUT2D eigenvalue weighted by atomic mass is 32.2. The predicted octanol–water partition coefficient (Wildman–Crippen LogP) is 2.96. The zero-order chi connectivity index (χ0) is 21.6. The zero-order valence-electron chi connectivity index (χ0n) is 17.6. The Labute approximate surface area is 179 Å². The molecule has 0 amide bonds. The molecule has 1 fully saturated rings. The first kappa shape index (κ1) is 22.4. The number of methoxy groups -OCH3 is 1. The molecule has 0 aliphatic carbocycles. The summed E-state index contributed by atoms with van der Waals surface area (Å²) in [6, 6.07) is 14.0. The molecule has 0 saturated carbocycles. The van der Waals surface area contributed by atoms with Gasteiger partial charge in [0.25, 0.3) is 0 Å². The predicted molar refractivity (Wildman–Crippen MR) is 119 cm³/mol. The number of likely N-dealkylation sites (tertiary alicyclic amines) is 1. The van der Waals surface area contributed by atoms with E-state index in [-0.39, 0.29) is 5.75 Å². The Morgan fingerprint density at radius 2 is 1.73 bits per heavy atom. The van der Waals surface area contributed by atoms with E-state index in [0.29, 0.717) is 18.2 Å². The molecule has 0 spiro atoms. The monoisotopic (exact) mass is 433 g/mol. The zero-order valence-corrected chi connectivity index (χ0v) is 18.5. The molecule has 8 heteroatoms. The van der Waals surface area contributed by atoms with E-state index in [4.69, 9.17) is 14.6 Å². The van der Waals surface area contributed by atoms with Crippen molar-refractivity contribution in [3.05, 3.63) is 53.6 Å². The van der Waals surface area contributed by atoms with E-state index in [9.17, 15) is 8.42 Å². The van der Waals surface area contributed by atoms with E-state index in [1.807, 2.05) is 37.3 Å². The first-order valence-electron chi connectivity index (χ1n) is 10.2. The molecule has 164 valence electrons. The third-order valence-electron chi connectivity index (χ3n) is 5.21. The molecule has 1 heterocycles. The lowest BCUT2D eigenvalue weighted by atomic mass is 10.0. The number of nitrogens with zero attached hydrogens (tertiary/aromatic N) is 1. The van der Waals surface area contributed by atoms with Gasteiger partial charge in [-0.3, -0.25) is 4.90 Å². The summed E-state index contributed by atoms with van der Waals surface area (Å²) in [6.07, 6.45) is 2.10. The number of piperidine rings is 1. The largest absolute Gasteiger partial charge is 0.493 e. The maximum Gasteiger partial charge on any atom is 0.213 e. The highest BCUT2D eigenvalue weighted by molar-refractivity contribution is 7.88. The lowest BCUT2D eigenvalue weighted by Gasteiger charge is -2.33. The van der Waals surface area contributed by atoms with E-state index in [1.165, 1.54) is 5.56 Å². The van der Waals surface area contributed by atoms with Gasteiger partial charge in [0.2, 0.25) is 10.0 Å². The topological polar surface area (TPSA) is 93.9 Å². The number of rotatable bonds is 9. The van der Waals surface area contributed by atoms with Crippen LogP contribution in [0, 0.1) is 0 Å². The number of anilines is 1. The fraction of sp³-hybridized carbons (Fsp3) is 0.455. The molecule has 1 aliphatic heterocycles. The highest BCUT2D eigenvalue weighted by Gasteiger charge is 2.19. The van der Waals surface area contributed by atoms with E-state index < -0.39 is 10.0 Å². The molecule has 0 aromatic heterocycles. The number of nitrogens with two attached hydrogens (primary N) is 1. The third-order valence-corrected chi connectivity index (χ3v) is 5.95. The van der Waals surface area contributed by atoms with Crippen LogP contribution in [0.3, 0.4) is 0 Å². The second kappa shape index (κ2) is 10.1. The number of sulfonamides is 1. The summed E-state index contributed by atoms with van der Waals surface area (Å²) in [6.45, 7) is 5.49. The fourth-order valence-corrected chi connectivity index (χ4v) is 4.40. The smallest absolute Gasteiger partial charge is 0.213 e. The van der Waals surface area contributed by atoms with Gasteiger partial charge >= 0.3 is 0 Å². The molecular weight excluding hydrogens is 402 g/mol. The van der Waals surface area contributed by atoms with Gasteiger partial charge in [-0.2, -0.15) is 0 Å². The van der Waals surface area contributed by atoms with Crippen LogP contribution < -0.4 is 19.9 Å². The molecule has 2 aromatic rings. The molecule has 0 bridgehead atoms. The van der Waals surface area contributed by atoms with Crippen molar-refractivity contribution in [2.45, 2.75) is 38.1 Å². The van der Waals surface area contributed by atoms with E-state index >= 15 is 0 Å². The van der Waals surface area contributed by atoms with Gasteiger partial charge in [0.1, 0.15) is 0 Å². The molecule has 0 radical (unpaired) electrons.